The van der Waals surface area contributed by atoms with Crippen molar-refractivity contribution in [2.75, 3.05) is 0 Å². The van der Waals surface area contributed by atoms with E-state index in [0.29, 0.717) is 0 Å². The number of benzene rings is 10. The fourth-order valence-corrected chi connectivity index (χ4v) is 25.1. The molecule has 0 nitrogen and oxygen atoms in total. The highest BCUT2D eigenvalue weighted by Gasteiger charge is 2.50. The summed E-state index contributed by atoms with van der Waals surface area (Å²) >= 11 is 0. The lowest BCUT2D eigenvalue weighted by Crippen LogP contribution is -2.57. The number of hydrogen-bond donors (Lipinski definition) is 0. The van der Waals surface area contributed by atoms with Crippen LogP contribution in [0.2, 0.25) is 0 Å². The van der Waals surface area contributed by atoms with E-state index in [-0.39, 0.29) is 5.41 Å². The van der Waals surface area contributed by atoms with Crippen LogP contribution in [0, 0.1) is 0 Å². The van der Waals surface area contributed by atoms with Crippen molar-refractivity contribution < 1.29 is 0 Å². The minimum absolute atomic E-state index is 0.109. The molecule has 0 saturated heterocycles. The topological polar surface area (TPSA) is 0 Å². The first kappa shape index (κ1) is 42.8. The third-order valence-electron chi connectivity index (χ3n) is 17.9. The smallest absolute Gasteiger partial charge is 0.0623 e. The fourth-order valence-electron chi connectivity index (χ4n) is 14.2. The zero-order valence-electron chi connectivity index (χ0n) is 41.4. The van der Waals surface area contributed by atoms with E-state index in [9.17, 15) is 0 Å². The molecule has 0 unspecified atom stereocenters. The van der Waals surface area contributed by atoms with Crippen molar-refractivity contribution in [3.8, 4) is 55.6 Å². The molecule has 2 heteroatoms. The highest BCUT2D eigenvalue weighted by atomic mass is 28.3. The van der Waals surface area contributed by atoms with Gasteiger partial charge in [-0.15, -0.1) is 0 Å². The SMILES string of the molecule is CC1(C)c2cc(C=Cc3ccc(-c4ccc5c(c4)-c4ccccc4[Si]54Cc5ccccc5C4)cc3)ccc2-c2ccc(C=Cc3ccc(-c4ccc5c(c4)-c4ccccc4[Si]54Cc5ccccc5C4)cc3)cc21. The summed E-state index contributed by atoms with van der Waals surface area (Å²) in [6.07, 6.45) is 9.08. The van der Waals surface area contributed by atoms with E-state index in [2.05, 4.69) is 257 Å². The van der Waals surface area contributed by atoms with Crippen molar-refractivity contribution in [3.63, 3.8) is 0 Å². The van der Waals surface area contributed by atoms with E-state index < -0.39 is 16.1 Å². The maximum atomic E-state index is 2.49. The maximum absolute atomic E-state index is 2.49. The number of rotatable bonds is 6. The second kappa shape index (κ2) is 16.1. The van der Waals surface area contributed by atoms with Gasteiger partial charge >= 0.3 is 0 Å². The molecule has 4 aliphatic heterocycles. The van der Waals surface area contributed by atoms with Gasteiger partial charge in [-0.1, -0.05) is 244 Å². The van der Waals surface area contributed by atoms with Crippen LogP contribution in [0.15, 0.2) is 218 Å². The van der Waals surface area contributed by atoms with Crippen molar-refractivity contribution in [2.45, 2.75) is 43.4 Å². The van der Waals surface area contributed by atoms with Gasteiger partial charge in [0.2, 0.25) is 0 Å². The highest BCUT2D eigenvalue weighted by Crippen LogP contribution is 2.50. The van der Waals surface area contributed by atoms with Crippen LogP contribution in [0.3, 0.4) is 0 Å². The second-order valence-corrected chi connectivity index (χ2v) is 30.1. The Bertz CT molecular complexity index is 3690. The molecule has 346 valence electrons. The van der Waals surface area contributed by atoms with Gasteiger partial charge in [0.05, 0.1) is 0 Å². The van der Waals surface area contributed by atoms with Crippen LogP contribution in [0.5, 0.6) is 0 Å². The average molecular weight is 963 g/mol. The van der Waals surface area contributed by atoms with Crippen molar-refractivity contribution in [1.29, 1.82) is 0 Å². The lowest BCUT2D eigenvalue weighted by molar-refractivity contribution is 0.660. The van der Waals surface area contributed by atoms with Crippen LogP contribution in [-0.4, -0.2) is 16.1 Å². The maximum Gasteiger partial charge on any atom is 0.128 e. The molecule has 0 radical (unpaired) electrons. The summed E-state index contributed by atoms with van der Waals surface area (Å²) in [6, 6.07) is 88.7. The largest absolute Gasteiger partial charge is 0.128 e. The second-order valence-electron chi connectivity index (χ2n) is 22.2. The molecule has 1 aliphatic carbocycles. The minimum Gasteiger partial charge on any atom is -0.0623 e. The van der Waals surface area contributed by atoms with Crippen LogP contribution in [0.4, 0.5) is 0 Å². The molecule has 73 heavy (non-hydrogen) atoms. The Hall–Kier alpha value is -7.89. The Morgan fingerprint density at radius 2 is 0.616 bits per heavy atom. The van der Waals surface area contributed by atoms with Crippen molar-refractivity contribution in [2.24, 2.45) is 0 Å². The first-order chi connectivity index (χ1) is 35.8. The summed E-state index contributed by atoms with van der Waals surface area (Å²) in [5, 5.41) is 6.48. The first-order valence-electron chi connectivity index (χ1n) is 26.3. The van der Waals surface area contributed by atoms with Gasteiger partial charge in [-0.3, -0.25) is 0 Å². The molecule has 0 amide bonds. The zero-order valence-corrected chi connectivity index (χ0v) is 43.4. The Labute approximate surface area is 431 Å². The highest BCUT2D eigenvalue weighted by molar-refractivity contribution is 7.06. The van der Waals surface area contributed by atoms with E-state index in [0.717, 1.165) is 0 Å². The summed E-state index contributed by atoms with van der Waals surface area (Å²) in [7, 11) is -3.76. The molecule has 0 fully saturated rings. The van der Waals surface area contributed by atoms with Gasteiger partial charge < -0.3 is 0 Å². The molecule has 2 spiro atoms. The Balaban J connectivity index is 0.637. The summed E-state index contributed by atoms with van der Waals surface area (Å²) in [5.74, 6) is 0. The molecule has 0 atom stereocenters. The van der Waals surface area contributed by atoms with Gasteiger partial charge in [-0.2, -0.15) is 0 Å². The third kappa shape index (κ3) is 6.56. The Morgan fingerprint density at radius 1 is 0.288 bits per heavy atom. The van der Waals surface area contributed by atoms with Gasteiger partial charge in [0.1, 0.15) is 16.1 Å². The van der Waals surface area contributed by atoms with Crippen molar-refractivity contribution >= 4 is 61.2 Å². The van der Waals surface area contributed by atoms with Crippen LogP contribution in [-0.2, 0) is 29.6 Å². The van der Waals surface area contributed by atoms with Gasteiger partial charge in [0.25, 0.3) is 0 Å². The number of fused-ring (bicyclic) bond motifs is 15. The Kier molecular flexibility index (Phi) is 9.41. The average Bonchev–Trinajstić information content (AvgIpc) is 4.22. The van der Waals surface area contributed by atoms with Crippen LogP contribution in [0.1, 0.15) is 69.5 Å². The predicted molar refractivity (Wildman–Crippen MR) is 314 cm³/mol. The normalized spacial score (nSPS) is 16.1. The van der Waals surface area contributed by atoms with Crippen molar-refractivity contribution in [3.05, 3.63) is 274 Å². The van der Waals surface area contributed by atoms with Crippen molar-refractivity contribution in [1.82, 2.24) is 0 Å². The summed E-state index contributed by atoms with van der Waals surface area (Å²) in [5.41, 5.74) is 27.4. The van der Waals surface area contributed by atoms with E-state index >= 15 is 0 Å². The van der Waals surface area contributed by atoms with Gasteiger partial charge in [0.15, 0.2) is 0 Å². The lowest BCUT2D eigenvalue weighted by Gasteiger charge is -2.24. The standard InChI is InChI=1S/C71H54Si2/c1-71(2)65-39-49(21-19-47-23-29-51(30-24-47)53-33-37-69-63(41-53)61-15-7-9-17-67(61)72(69)43-55-11-3-4-12-56(55)44-72)27-35-59(65)60-36-28-50(40-66(60)71)22-20-48-25-31-52(32-26-48)54-34-38-70-64(42-54)62-16-8-10-18-68(62)73(70)45-57-13-5-6-14-58(57)46-73/h3-42H,43-46H2,1-2H3. The molecule has 15 rings (SSSR count). The summed E-state index contributed by atoms with van der Waals surface area (Å²) in [6.45, 7) is 4.77. The molecule has 0 saturated carbocycles. The van der Waals surface area contributed by atoms with Crippen LogP contribution >= 0.6 is 0 Å². The molecule has 5 aliphatic rings. The summed E-state index contributed by atoms with van der Waals surface area (Å²) in [4.78, 5) is 0. The predicted octanol–water partition coefficient (Wildman–Crippen LogP) is 14.5. The van der Waals surface area contributed by atoms with E-state index in [4.69, 9.17) is 0 Å². The van der Waals surface area contributed by atoms with E-state index in [1.807, 2.05) is 0 Å². The zero-order chi connectivity index (χ0) is 48.5. The van der Waals surface area contributed by atoms with Crippen LogP contribution < -0.4 is 20.7 Å². The molecule has 10 aromatic carbocycles. The quantitative estimate of drug-likeness (QED) is 0.115. The molecular formula is C71H54Si2. The molecule has 0 bridgehead atoms. The molecule has 4 heterocycles. The van der Waals surface area contributed by atoms with E-state index in [1.165, 1.54) is 113 Å². The van der Waals surface area contributed by atoms with Crippen LogP contribution in [0.25, 0.3) is 79.9 Å². The molecule has 0 N–H and O–H groups in total. The molecular weight excluding hydrogens is 909 g/mol. The van der Waals surface area contributed by atoms with Gasteiger partial charge in [0, 0.05) is 5.41 Å². The lowest BCUT2D eigenvalue weighted by atomic mass is 9.81. The number of hydrogen-bond acceptors (Lipinski definition) is 0. The minimum atomic E-state index is -1.88. The fraction of sp³-hybridized carbons (Fsp3) is 0.0986. The Morgan fingerprint density at radius 3 is 1.03 bits per heavy atom. The monoisotopic (exact) mass is 962 g/mol. The molecule has 0 aromatic heterocycles. The molecule has 10 aromatic rings. The van der Waals surface area contributed by atoms with E-state index in [1.54, 1.807) is 43.0 Å². The third-order valence-corrected chi connectivity index (χ3v) is 27.7. The first-order valence-corrected chi connectivity index (χ1v) is 31.1. The van der Waals surface area contributed by atoms with Gasteiger partial charge in [-0.25, -0.2) is 0 Å². The van der Waals surface area contributed by atoms with Gasteiger partial charge in [-0.05, 0) is 168 Å². The summed E-state index contributed by atoms with van der Waals surface area (Å²) < 4.78 is 0.